The number of benzene rings is 1. The first kappa shape index (κ1) is 20.5. The Labute approximate surface area is 174 Å². The van der Waals surface area contributed by atoms with Gasteiger partial charge in [0.1, 0.15) is 29.8 Å². The predicted molar refractivity (Wildman–Crippen MR) is 108 cm³/mol. The molecule has 0 saturated carbocycles. The van der Waals surface area contributed by atoms with Gasteiger partial charge in [0, 0.05) is 24.6 Å². The molecule has 3 aromatic rings. The third kappa shape index (κ3) is 4.24. The average molecular weight is 436 g/mol. The fourth-order valence-corrected chi connectivity index (χ4v) is 4.49. The van der Waals surface area contributed by atoms with Gasteiger partial charge in [-0.05, 0) is 12.0 Å². The number of carbonyl (C=O) groups is 1. The predicted octanol–water partition coefficient (Wildman–Crippen LogP) is 4.08. The van der Waals surface area contributed by atoms with Gasteiger partial charge in [-0.3, -0.25) is 4.79 Å². The lowest BCUT2D eigenvalue weighted by molar-refractivity contribution is -0.157. The second kappa shape index (κ2) is 8.19. The van der Waals surface area contributed by atoms with E-state index in [0.717, 1.165) is 26.2 Å². The number of likely N-dealkylation sites (tertiary alicyclic amines) is 1. The summed E-state index contributed by atoms with van der Waals surface area (Å²) < 4.78 is 43.3. The van der Waals surface area contributed by atoms with E-state index in [0.29, 0.717) is 11.6 Å². The van der Waals surface area contributed by atoms with E-state index in [-0.39, 0.29) is 19.6 Å². The topological polar surface area (TPSA) is 67.3 Å². The van der Waals surface area contributed by atoms with Gasteiger partial charge >= 0.3 is 6.18 Å². The van der Waals surface area contributed by atoms with Crippen molar-refractivity contribution in [3.05, 3.63) is 41.5 Å². The van der Waals surface area contributed by atoms with Crippen LogP contribution in [0.25, 0.3) is 21.3 Å². The molecule has 1 unspecified atom stereocenters. The second-order valence-electron chi connectivity index (χ2n) is 6.98. The Balaban J connectivity index is 1.70. The summed E-state index contributed by atoms with van der Waals surface area (Å²) in [4.78, 5) is 23.1. The highest BCUT2D eigenvalue weighted by Gasteiger charge is 2.39. The lowest BCUT2D eigenvalue weighted by atomic mass is 10.1. The number of fused-ring (bicyclic) bond motifs is 1. The van der Waals surface area contributed by atoms with Crippen LogP contribution in [-0.4, -0.2) is 53.2 Å². The Morgan fingerprint density at radius 2 is 2.03 bits per heavy atom. The van der Waals surface area contributed by atoms with E-state index in [1.165, 1.54) is 18.4 Å². The van der Waals surface area contributed by atoms with Gasteiger partial charge < -0.3 is 15.0 Å². The summed E-state index contributed by atoms with van der Waals surface area (Å²) in [6.45, 7) is -1.02. The number of nitrogens with zero attached hydrogens (tertiary/aromatic N) is 3. The number of amides is 1. The number of carbonyl (C=O) groups excluding carboxylic acids is 1. The number of methoxy groups -OCH3 is 1. The molecule has 30 heavy (non-hydrogen) atoms. The molecular formula is C20H19F3N4O2S. The third-order valence-corrected chi connectivity index (χ3v) is 5.69. The van der Waals surface area contributed by atoms with Crippen LogP contribution in [-0.2, 0) is 16.1 Å². The number of alkyl halides is 3. The summed E-state index contributed by atoms with van der Waals surface area (Å²) >= 11 is 1.44. The first-order chi connectivity index (χ1) is 14.4. The minimum absolute atomic E-state index is 0.0460. The van der Waals surface area contributed by atoms with Crippen molar-refractivity contribution in [2.75, 3.05) is 25.5 Å². The first-order valence-electron chi connectivity index (χ1n) is 9.30. The van der Waals surface area contributed by atoms with E-state index in [9.17, 15) is 18.0 Å². The Bertz CT molecular complexity index is 1060. The highest BCUT2D eigenvalue weighted by Crippen LogP contribution is 2.37. The molecule has 1 aliphatic heterocycles. The number of thiophene rings is 1. The van der Waals surface area contributed by atoms with Crippen LogP contribution in [0.5, 0.6) is 0 Å². The zero-order chi connectivity index (χ0) is 21.3. The van der Waals surface area contributed by atoms with Crippen LogP contribution in [0, 0.1) is 0 Å². The highest BCUT2D eigenvalue weighted by molar-refractivity contribution is 7.17. The molecule has 1 amide bonds. The number of ether oxygens (including phenoxy) is 1. The molecule has 2 aromatic heterocycles. The molecule has 0 bridgehead atoms. The van der Waals surface area contributed by atoms with Gasteiger partial charge in [0.25, 0.3) is 0 Å². The third-order valence-electron chi connectivity index (χ3n) is 4.82. The zero-order valence-corrected chi connectivity index (χ0v) is 16.9. The van der Waals surface area contributed by atoms with Crippen LogP contribution in [0.1, 0.15) is 12.2 Å². The minimum Gasteiger partial charge on any atom is -0.377 e. The fourth-order valence-electron chi connectivity index (χ4n) is 3.53. The van der Waals surface area contributed by atoms with Gasteiger partial charge in [0.05, 0.1) is 5.39 Å². The summed E-state index contributed by atoms with van der Waals surface area (Å²) in [6.07, 6.45) is -4.16. The van der Waals surface area contributed by atoms with Crippen molar-refractivity contribution < 1.29 is 22.7 Å². The molecule has 158 valence electrons. The number of anilines is 1. The lowest BCUT2D eigenvalue weighted by Crippen LogP contribution is -2.39. The van der Waals surface area contributed by atoms with Crippen molar-refractivity contribution in [1.29, 1.82) is 0 Å². The molecule has 1 saturated heterocycles. The van der Waals surface area contributed by atoms with E-state index >= 15 is 0 Å². The van der Waals surface area contributed by atoms with Gasteiger partial charge in [-0.25, -0.2) is 9.97 Å². The zero-order valence-electron chi connectivity index (χ0n) is 16.1. The summed E-state index contributed by atoms with van der Waals surface area (Å²) in [6, 6.07) is 8.89. The fraction of sp³-hybridized carbons (Fsp3) is 0.350. The maximum absolute atomic E-state index is 12.7. The number of hydrogen-bond acceptors (Lipinski definition) is 6. The smallest absolute Gasteiger partial charge is 0.377 e. The number of halogens is 3. The van der Waals surface area contributed by atoms with E-state index in [1.54, 1.807) is 0 Å². The molecule has 1 fully saturated rings. The number of hydrogen-bond donors (Lipinski definition) is 1. The largest absolute Gasteiger partial charge is 0.406 e. The van der Waals surface area contributed by atoms with Crippen LogP contribution in [0.4, 0.5) is 19.0 Å². The van der Waals surface area contributed by atoms with E-state index in [2.05, 4.69) is 15.3 Å². The summed E-state index contributed by atoms with van der Waals surface area (Å²) in [5, 5.41) is 5.79. The number of aromatic nitrogens is 2. The summed E-state index contributed by atoms with van der Waals surface area (Å²) in [7, 11) is 1.53. The molecule has 4 rings (SSSR count). The van der Waals surface area contributed by atoms with Crippen molar-refractivity contribution in [2.24, 2.45) is 0 Å². The average Bonchev–Trinajstić information content (AvgIpc) is 3.27. The minimum atomic E-state index is -4.42. The van der Waals surface area contributed by atoms with Crippen LogP contribution in [0.2, 0.25) is 0 Å². The molecule has 1 atom stereocenters. The lowest BCUT2D eigenvalue weighted by Gasteiger charge is -2.19. The van der Waals surface area contributed by atoms with E-state index in [4.69, 9.17) is 4.74 Å². The molecular weight excluding hydrogens is 417 g/mol. The molecule has 0 aliphatic carbocycles. The van der Waals surface area contributed by atoms with E-state index in [1.807, 2.05) is 35.7 Å². The maximum Gasteiger partial charge on any atom is 0.406 e. The number of rotatable bonds is 6. The molecule has 1 aromatic carbocycles. The number of nitrogens with one attached hydrogen (secondary N) is 1. The normalized spacial score (nSPS) is 17.1. The Morgan fingerprint density at radius 3 is 2.73 bits per heavy atom. The quantitative estimate of drug-likeness (QED) is 0.631. The maximum atomic E-state index is 12.7. The molecule has 1 aliphatic rings. The standard InChI is InChI=1S/C20H19F3N4O2S/c1-29-9-15-25-17(24-14-7-8-27(19(14)28)11-20(21,22)23)16-13(10-30-18(16)26-15)12-5-3-2-4-6-12/h2-6,10,14H,7-9,11H2,1H3,(H,24,25,26). The van der Waals surface area contributed by atoms with E-state index < -0.39 is 24.7 Å². The Hall–Kier alpha value is -2.72. The van der Waals surface area contributed by atoms with Crippen LogP contribution < -0.4 is 5.32 Å². The van der Waals surface area contributed by atoms with Gasteiger partial charge in [-0.1, -0.05) is 30.3 Å². The van der Waals surface area contributed by atoms with Crippen molar-refractivity contribution in [2.45, 2.75) is 25.2 Å². The van der Waals surface area contributed by atoms with Crippen molar-refractivity contribution >= 4 is 33.3 Å². The van der Waals surface area contributed by atoms with Crippen LogP contribution in [0.15, 0.2) is 35.7 Å². The SMILES string of the molecule is COCc1nc(NC2CCN(CC(F)(F)F)C2=O)c2c(-c3ccccc3)csc2n1. The van der Waals surface area contributed by atoms with Crippen molar-refractivity contribution in [1.82, 2.24) is 14.9 Å². The van der Waals surface area contributed by atoms with Crippen molar-refractivity contribution in [3.8, 4) is 11.1 Å². The Kier molecular flexibility index (Phi) is 5.61. The van der Waals surface area contributed by atoms with Gasteiger partial charge in [-0.15, -0.1) is 11.3 Å². The van der Waals surface area contributed by atoms with Gasteiger partial charge in [0.15, 0.2) is 5.82 Å². The molecule has 3 heterocycles. The molecule has 0 spiro atoms. The first-order valence-corrected chi connectivity index (χ1v) is 10.2. The summed E-state index contributed by atoms with van der Waals surface area (Å²) in [5.74, 6) is 0.287. The molecule has 0 radical (unpaired) electrons. The van der Waals surface area contributed by atoms with Gasteiger partial charge in [0.2, 0.25) is 5.91 Å². The molecule has 1 N–H and O–H groups in total. The Morgan fingerprint density at radius 1 is 1.27 bits per heavy atom. The monoisotopic (exact) mass is 436 g/mol. The van der Waals surface area contributed by atoms with Crippen LogP contribution >= 0.6 is 11.3 Å². The highest BCUT2D eigenvalue weighted by atomic mass is 32.1. The molecule has 10 heteroatoms. The van der Waals surface area contributed by atoms with Crippen LogP contribution in [0.3, 0.4) is 0 Å². The summed E-state index contributed by atoms with van der Waals surface area (Å²) in [5.41, 5.74) is 1.87. The van der Waals surface area contributed by atoms with Gasteiger partial charge in [-0.2, -0.15) is 13.2 Å². The second-order valence-corrected chi connectivity index (χ2v) is 7.84. The van der Waals surface area contributed by atoms with Crippen molar-refractivity contribution in [3.63, 3.8) is 0 Å². The molecule has 6 nitrogen and oxygen atoms in total.